The Morgan fingerprint density at radius 2 is 1.90 bits per heavy atom. The minimum Gasteiger partial charge on any atom is -0.485 e. The largest absolute Gasteiger partial charge is 0.485 e. The fraction of sp³-hybridized carbons (Fsp3) is 0.409. The number of aryl methyl sites for hydroxylation is 1. The number of carbonyl (C=O) groups excluding carboxylic acids is 1. The number of fused-ring (bicyclic) bond motifs is 1. The molecule has 2 aliphatic rings. The van der Waals surface area contributed by atoms with Crippen LogP contribution in [0.25, 0.3) is 0 Å². The highest BCUT2D eigenvalue weighted by molar-refractivity contribution is 6.30. The predicted molar refractivity (Wildman–Crippen MR) is 113 cm³/mol. The fourth-order valence-corrected chi connectivity index (χ4v) is 4.38. The number of hydrogen-bond acceptors (Lipinski definition) is 6. The lowest BCUT2D eigenvalue weighted by Crippen LogP contribution is -2.53. The zero-order valence-electron chi connectivity index (χ0n) is 16.7. The van der Waals surface area contributed by atoms with Crippen LogP contribution in [0.5, 0.6) is 5.75 Å². The summed E-state index contributed by atoms with van der Waals surface area (Å²) in [5.41, 5.74) is 0.904. The lowest BCUT2D eigenvalue weighted by atomic mass is 9.73. The molecule has 7 nitrogen and oxygen atoms in total. The van der Waals surface area contributed by atoms with Crippen LogP contribution in [0.2, 0.25) is 5.02 Å². The molecule has 0 radical (unpaired) electrons. The van der Waals surface area contributed by atoms with Crippen molar-refractivity contribution in [1.29, 1.82) is 0 Å². The number of nitro benzene ring substituents is 1. The van der Waals surface area contributed by atoms with E-state index in [0.29, 0.717) is 36.8 Å². The lowest BCUT2D eigenvalue weighted by Gasteiger charge is -2.41. The molecular formula is C22H23ClN2O5. The number of Topliss-reactive ketones (excluding diaryl/α,β-unsaturated/α-hetero) is 1. The molecule has 2 heterocycles. The Labute approximate surface area is 179 Å². The van der Waals surface area contributed by atoms with Crippen LogP contribution in [0.15, 0.2) is 36.4 Å². The van der Waals surface area contributed by atoms with Crippen LogP contribution in [-0.2, 0) is 11.2 Å². The molecule has 0 bridgehead atoms. The third-order valence-corrected chi connectivity index (χ3v) is 5.97. The summed E-state index contributed by atoms with van der Waals surface area (Å²) < 4.78 is 11.4. The van der Waals surface area contributed by atoms with Gasteiger partial charge in [0.25, 0.3) is 0 Å². The minimum absolute atomic E-state index is 0.0734. The van der Waals surface area contributed by atoms with Crippen molar-refractivity contribution in [2.45, 2.75) is 13.3 Å². The molecule has 0 amide bonds. The Kier molecular flexibility index (Phi) is 5.77. The summed E-state index contributed by atoms with van der Waals surface area (Å²) in [4.78, 5) is 27.0. The molecule has 2 aromatic carbocycles. The number of halogens is 1. The Morgan fingerprint density at radius 1 is 1.20 bits per heavy atom. The first kappa shape index (κ1) is 20.8. The molecule has 2 aromatic rings. The Bertz CT molecular complexity index is 972. The molecule has 0 N–H and O–H groups in total. The monoisotopic (exact) mass is 430 g/mol. The maximum atomic E-state index is 13.8. The number of ether oxygens (including phenoxy) is 2. The highest BCUT2D eigenvalue weighted by atomic mass is 35.5. The molecule has 0 unspecified atom stereocenters. The van der Waals surface area contributed by atoms with E-state index in [1.54, 1.807) is 25.1 Å². The van der Waals surface area contributed by atoms with E-state index in [4.69, 9.17) is 21.1 Å². The zero-order valence-corrected chi connectivity index (χ0v) is 17.5. The molecule has 0 saturated carbocycles. The van der Waals surface area contributed by atoms with Crippen molar-refractivity contribution < 1.29 is 19.2 Å². The zero-order chi connectivity index (χ0) is 21.3. The van der Waals surface area contributed by atoms with E-state index in [1.165, 1.54) is 6.07 Å². The van der Waals surface area contributed by atoms with Crippen LogP contribution in [0.4, 0.5) is 5.69 Å². The van der Waals surface area contributed by atoms with Gasteiger partial charge in [0.05, 0.1) is 29.1 Å². The van der Waals surface area contributed by atoms with Gasteiger partial charge in [0.1, 0.15) is 6.61 Å². The average Bonchev–Trinajstić information content (AvgIpc) is 2.73. The van der Waals surface area contributed by atoms with Crippen molar-refractivity contribution >= 4 is 23.1 Å². The summed E-state index contributed by atoms with van der Waals surface area (Å²) in [6.45, 7) is 5.03. The molecule has 1 saturated heterocycles. The van der Waals surface area contributed by atoms with Gasteiger partial charge in [-0.1, -0.05) is 23.7 Å². The fourth-order valence-electron chi connectivity index (χ4n) is 4.26. The number of nitro groups is 1. The number of ketones is 1. The third kappa shape index (κ3) is 4.05. The van der Waals surface area contributed by atoms with Crippen LogP contribution in [0.3, 0.4) is 0 Å². The highest BCUT2D eigenvalue weighted by Crippen LogP contribution is 2.43. The van der Waals surface area contributed by atoms with Crippen molar-refractivity contribution in [2.24, 2.45) is 5.41 Å². The molecule has 30 heavy (non-hydrogen) atoms. The second-order valence-corrected chi connectivity index (χ2v) is 8.44. The standard InChI is InChI=1S/C22H23ClN2O5/c1-15-10-18-20(19(11-15)25(27)28)30-14-22(21(18)26,13-24-6-8-29-9-7-24)12-16-2-4-17(23)5-3-16/h2-5,10-11H,6-9,12-14H2,1H3/t22-/m0/s1. The average molecular weight is 431 g/mol. The summed E-state index contributed by atoms with van der Waals surface area (Å²) in [7, 11) is 0. The van der Waals surface area contributed by atoms with E-state index in [-0.39, 0.29) is 29.4 Å². The first-order chi connectivity index (χ1) is 14.4. The van der Waals surface area contributed by atoms with Gasteiger partial charge >= 0.3 is 5.69 Å². The van der Waals surface area contributed by atoms with Gasteiger partial charge in [-0.05, 0) is 42.7 Å². The van der Waals surface area contributed by atoms with Crippen LogP contribution in [0.1, 0.15) is 21.5 Å². The SMILES string of the molecule is Cc1cc2c(c([N+](=O)[O-])c1)OC[C@](Cc1ccc(Cl)cc1)(CN1CCOCC1)C2=O. The van der Waals surface area contributed by atoms with Crippen LogP contribution < -0.4 is 4.74 Å². The maximum Gasteiger partial charge on any atom is 0.311 e. The Hall–Kier alpha value is -2.48. The molecule has 2 aliphatic heterocycles. The molecule has 1 fully saturated rings. The van der Waals surface area contributed by atoms with Gasteiger partial charge in [-0.3, -0.25) is 19.8 Å². The number of morpholine rings is 1. The lowest BCUT2D eigenvalue weighted by molar-refractivity contribution is -0.386. The summed E-state index contributed by atoms with van der Waals surface area (Å²) in [6, 6.07) is 10.6. The first-order valence-electron chi connectivity index (χ1n) is 9.89. The van der Waals surface area contributed by atoms with Gasteiger partial charge in [0.2, 0.25) is 5.75 Å². The summed E-state index contributed by atoms with van der Waals surface area (Å²) in [5, 5.41) is 12.1. The van der Waals surface area contributed by atoms with Gasteiger partial charge in [-0.25, -0.2) is 0 Å². The molecule has 0 spiro atoms. The number of benzene rings is 2. The highest BCUT2D eigenvalue weighted by Gasteiger charge is 2.47. The molecule has 0 aliphatic carbocycles. The van der Waals surface area contributed by atoms with Crippen molar-refractivity contribution in [3.05, 3.63) is 68.2 Å². The van der Waals surface area contributed by atoms with Gasteiger partial charge in [0.15, 0.2) is 5.78 Å². The summed E-state index contributed by atoms with van der Waals surface area (Å²) >= 11 is 6.03. The molecule has 1 atom stereocenters. The molecule has 158 valence electrons. The number of nitrogens with zero attached hydrogens (tertiary/aromatic N) is 2. The van der Waals surface area contributed by atoms with Crippen molar-refractivity contribution in [2.75, 3.05) is 39.5 Å². The summed E-state index contributed by atoms with van der Waals surface area (Å²) in [5.74, 6) is -0.0405. The van der Waals surface area contributed by atoms with E-state index in [1.807, 2.05) is 12.1 Å². The van der Waals surface area contributed by atoms with Crippen molar-refractivity contribution in [3.8, 4) is 5.75 Å². The molecule has 4 rings (SSSR count). The molecule has 8 heteroatoms. The Balaban J connectivity index is 1.75. The second-order valence-electron chi connectivity index (χ2n) is 8.01. The smallest absolute Gasteiger partial charge is 0.311 e. The van der Waals surface area contributed by atoms with Crippen molar-refractivity contribution in [1.82, 2.24) is 4.90 Å². The predicted octanol–water partition coefficient (Wildman–Crippen LogP) is 3.69. The molecule has 0 aromatic heterocycles. The van der Waals surface area contributed by atoms with E-state index < -0.39 is 10.3 Å². The normalized spacial score (nSPS) is 21.7. The quantitative estimate of drug-likeness (QED) is 0.531. The first-order valence-corrected chi connectivity index (χ1v) is 10.3. The Morgan fingerprint density at radius 3 is 2.57 bits per heavy atom. The second kappa shape index (κ2) is 8.34. The molecular weight excluding hydrogens is 408 g/mol. The van der Waals surface area contributed by atoms with E-state index >= 15 is 0 Å². The van der Waals surface area contributed by atoms with E-state index in [0.717, 1.165) is 18.7 Å². The topological polar surface area (TPSA) is 81.9 Å². The van der Waals surface area contributed by atoms with Gasteiger partial charge in [-0.15, -0.1) is 0 Å². The number of rotatable bonds is 5. The van der Waals surface area contributed by atoms with Gasteiger partial charge in [-0.2, -0.15) is 0 Å². The number of carbonyl (C=O) groups is 1. The van der Waals surface area contributed by atoms with Crippen LogP contribution in [-0.4, -0.2) is 55.1 Å². The third-order valence-electron chi connectivity index (χ3n) is 5.72. The van der Waals surface area contributed by atoms with Crippen LogP contribution in [0, 0.1) is 22.5 Å². The number of hydrogen-bond donors (Lipinski definition) is 0. The maximum absolute atomic E-state index is 13.8. The van der Waals surface area contributed by atoms with Gasteiger partial charge in [0, 0.05) is 30.7 Å². The van der Waals surface area contributed by atoms with Crippen LogP contribution >= 0.6 is 11.6 Å². The van der Waals surface area contributed by atoms with E-state index in [2.05, 4.69) is 4.90 Å². The minimum atomic E-state index is -0.847. The van der Waals surface area contributed by atoms with E-state index in [9.17, 15) is 14.9 Å². The summed E-state index contributed by atoms with van der Waals surface area (Å²) in [6.07, 6.45) is 0.460. The van der Waals surface area contributed by atoms with Crippen molar-refractivity contribution in [3.63, 3.8) is 0 Å². The van der Waals surface area contributed by atoms with Gasteiger partial charge < -0.3 is 9.47 Å².